The lowest BCUT2D eigenvalue weighted by molar-refractivity contribution is -0.104. The standard InChI is InChI=1S/C10H13ClO2/c1-4-9(7-12)10(13-5-2)6-8(3)11/h4,6-7H,1,5H2,2-3H3/b8-6+,10-9-. The average molecular weight is 201 g/mol. The maximum Gasteiger partial charge on any atom is 0.153 e. The summed E-state index contributed by atoms with van der Waals surface area (Å²) in [6.45, 7) is 7.54. The number of hydrogen-bond donors (Lipinski definition) is 0. The van der Waals surface area contributed by atoms with E-state index in [9.17, 15) is 4.79 Å². The van der Waals surface area contributed by atoms with Crippen molar-refractivity contribution in [2.45, 2.75) is 13.8 Å². The lowest BCUT2D eigenvalue weighted by Gasteiger charge is -2.05. The highest BCUT2D eigenvalue weighted by Crippen LogP contribution is 2.12. The molecule has 2 nitrogen and oxygen atoms in total. The highest BCUT2D eigenvalue weighted by atomic mass is 35.5. The summed E-state index contributed by atoms with van der Waals surface area (Å²) in [7, 11) is 0. The molecule has 0 aliphatic heterocycles. The van der Waals surface area contributed by atoms with Crippen LogP contribution in [0.25, 0.3) is 0 Å². The molecule has 0 amide bonds. The molecule has 0 radical (unpaired) electrons. The Labute approximate surface area is 83.5 Å². The van der Waals surface area contributed by atoms with E-state index in [1.165, 1.54) is 6.08 Å². The molecule has 0 fully saturated rings. The fourth-order valence-corrected chi connectivity index (χ4v) is 0.850. The molecule has 0 bridgehead atoms. The summed E-state index contributed by atoms with van der Waals surface area (Å²) < 4.78 is 5.21. The SMILES string of the molecule is C=C/C(C=O)=C(\C=C(/C)Cl)OCC. The monoisotopic (exact) mass is 200 g/mol. The molecule has 0 aromatic rings. The van der Waals surface area contributed by atoms with Crippen LogP contribution in [0.15, 0.2) is 35.1 Å². The van der Waals surface area contributed by atoms with Crippen molar-refractivity contribution in [1.29, 1.82) is 0 Å². The summed E-state index contributed by atoms with van der Waals surface area (Å²) in [6, 6.07) is 0. The van der Waals surface area contributed by atoms with Gasteiger partial charge in [-0.25, -0.2) is 0 Å². The Hall–Kier alpha value is -1.02. The van der Waals surface area contributed by atoms with Crippen LogP contribution in [0.2, 0.25) is 0 Å². The molecule has 0 rings (SSSR count). The van der Waals surface area contributed by atoms with Gasteiger partial charge < -0.3 is 4.74 Å². The second-order valence-electron chi connectivity index (χ2n) is 2.31. The highest BCUT2D eigenvalue weighted by molar-refractivity contribution is 6.29. The molecule has 0 saturated carbocycles. The van der Waals surface area contributed by atoms with Crippen LogP contribution in [0.4, 0.5) is 0 Å². The van der Waals surface area contributed by atoms with Gasteiger partial charge in [-0.05, 0) is 19.9 Å². The summed E-state index contributed by atoms with van der Waals surface area (Å²) >= 11 is 5.66. The summed E-state index contributed by atoms with van der Waals surface area (Å²) in [5.41, 5.74) is 0.404. The van der Waals surface area contributed by atoms with Gasteiger partial charge in [-0.3, -0.25) is 4.79 Å². The van der Waals surface area contributed by atoms with Crippen molar-refractivity contribution in [3.05, 3.63) is 35.1 Å². The van der Waals surface area contributed by atoms with Crippen molar-refractivity contribution in [2.75, 3.05) is 6.61 Å². The van der Waals surface area contributed by atoms with Crippen molar-refractivity contribution < 1.29 is 9.53 Å². The molecular formula is C10H13ClO2. The zero-order chi connectivity index (χ0) is 10.3. The lowest BCUT2D eigenvalue weighted by Crippen LogP contribution is -1.94. The average Bonchev–Trinajstić information content (AvgIpc) is 2.05. The van der Waals surface area contributed by atoms with Crippen molar-refractivity contribution in [3.8, 4) is 0 Å². The third kappa shape index (κ3) is 4.53. The quantitative estimate of drug-likeness (QED) is 0.295. The lowest BCUT2D eigenvalue weighted by atomic mass is 10.2. The second-order valence-corrected chi connectivity index (χ2v) is 2.90. The first-order valence-electron chi connectivity index (χ1n) is 3.94. The summed E-state index contributed by atoms with van der Waals surface area (Å²) in [6.07, 6.45) is 3.72. The third-order valence-corrected chi connectivity index (χ3v) is 1.37. The number of allylic oxidation sites excluding steroid dienone is 4. The Balaban J connectivity index is 4.95. The van der Waals surface area contributed by atoms with E-state index in [0.717, 1.165) is 0 Å². The van der Waals surface area contributed by atoms with Crippen LogP contribution in [0.1, 0.15) is 13.8 Å². The molecule has 13 heavy (non-hydrogen) atoms. The van der Waals surface area contributed by atoms with Crippen molar-refractivity contribution in [2.24, 2.45) is 0 Å². The molecule has 0 aromatic carbocycles. The van der Waals surface area contributed by atoms with Gasteiger partial charge in [0.1, 0.15) is 5.76 Å². The third-order valence-electron chi connectivity index (χ3n) is 1.26. The minimum atomic E-state index is 0.404. The maximum absolute atomic E-state index is 10.6. The molecule has 0 aliphatic rings. The van der Waals surface area contributed by atoms with Crippen LogP contribution in [-0.2, 0) is 9.53 Å². The smallest absolute Gasteiger partial charge is 0.153 e. The number of carbonyl (C=O) groups is 1. The molecule has 72 valence electrons. The van der Waals surface area contributed by atoms with Gasteiger partial charge in [0.15, 0.2) is 6.29 Å². The van der Waals surface area contributed by atoms with Gasteiger partial charge in [-0.15, -0.1) is 0 Å². The molecule has 3 heteroatoms. The number of ether oxygens (including phenoxy) is 1. The fraction of sp³-hybridized carbons (Fsp3) is 0.300. The van der Waals surface area contributed by atoms with Crippen molar-refractivity contribution in [1.82, 2.24) is 0 Å². The Morgan fingerprint density at radius 1 is 1.62 bits per heavy atom. The summed E-state index contributed by atoms with van der Waals surface area (Å²) in [5, 5.41) is 0.560. The topological polar surface area (TPSA) is 26.3 Å². The van der Waals surface area contributed by atoms with E-state index in [-0.39, 0.29) is 0 Å². The van der Waals surface area contributed by atoms with Crippen LogP contribution < -0.4 is 0 Å². The molecule has 0 unspecified atom stereocenters. The number of rotatable bonds is 5. The maximum atomic E-state index is 10.6. The predicted molar refractivity (Wildman–Crippen MR) is 54.5 cm³/mol. The van der Waals surface area contributed by atoms with Crippen LogP contribution in [0, 0.1) is 0 Å². The van der Waals surface area contributed by atoms with E-state index >= 15 is 0 Å². The zero-order valence-electron chi connectivity index (χ0n) is 7.84. The van der Waals surface area contributed by atoms with Gasteiger partial charge >= 0.3 is 0 Å². The Kier molecular flexibility index (Phi) is 5.98. The predicted octanol–water partition coefficient (Wildman–Crippen LogP) is 2.80. The molecule has 0 aromatic heterocycles. The van der Waals surface area contributed by atoms with Gasteiger partial charge in [-0.1, -0.05) is 24.3 Å². The molecular weight excluding hydrogens is 188 g/mol. The van der Waals surface area contributed by atoms with Gasteiger partial charge in [-0.2, -0.15) is 0 Å². The number of halogens is 1. The van der Waals surface area contributed by atoms with Gasteiger partial charge in [0.25, 0.3) is 0 Å². The van der Waals surface area contributed by atoms with E-state index in [2.05, 4.69) is 6.58 Å². The van der Waals surface area contributed by atoms with E-state index in [1.54, 1.807) is 13.0 Å². The zero-order valence-corrected chi connectivity index (χ0v) is 8.60. The van der Waals surface area contributed by atoms with E-state index in [4.69, 9.17) is 16.3 Å². The molecule has 0 heterocycles. The second kappa shape index (κ2) is 6.49. The molecule has 0 aliphatic carbocycles. The number of aldehydes is 1. The Morgan fingerprint density at radius 2 is 2.23 bits per heavy atom. The minimum absolute atomic E-state index is 0.404. The van der Waals surface area contributed by atoms with E-state index < -0.39 is 0 Å². The van der Waals surface area contributed by atoms with Crippen molar-refractivity contribution in [3.63, 3.8) is 0 Å². The van der Waals surface area contributed by atoms with Gasteiger partial charge in [0, 0.05) is 5.03 Å². The fourth-order valence-electron chi connectivity index (χ4n) is 0.751. The van der Waals surface area contributed by atoms with Crippen molar-refractivity contribution >= 4 is 17.9 Å². The molecule has 0 spiro atoms. The molecule has 0 saturated heterocycles. The summed E-state index contributed by atoms with van der Waals surface area (Å²) in [5.74, 6) is 0.458. The van der Waals surface area contributed by atoms with Crippen LogP contribution >= 0.6 is 11.6 Å². The number of hydrogen-bond acceptors (Lipinski definition) is 2. The highest BCUT2D eigenvalue weighted by Gasteiger charge is 2.00. The van der Waals surface area contributed by atoms with Crippen LogP contribution in [0.5, 0.6) is 0 Å². The van der Waals surface area contributed by atoms with E-state index in [0.29, 0.717) is 29.3 Å². The van der Waals surface area contributed by atoms with Gasteiger partial charge in [0.2, 0.25) is 0 Å². The minimum Gasteiger partial charge on any atom is -0.493 e. The summed E-state index contributed by atoms with van der Waals surface area (Å²) in [4.78, 5) is 10.6. The molecule has 0 atom stereocenters. The van der Waals surface area contributed by atoms with Gasteiger partial charge in [0.05, 0.1) is 12.2 Å². The first kappa shape index (κ1) is 12.0. The van der Waals surface area contributed by atoms with Crippen LogP contribution in [0.3, 0.4) is 0 Å². The largest absolute Gasteiger partial charge is 0.493 e. The first-order chi connectivity index (χ1) is 6.15. The van der Waals surface area contributed by atoms with Crippen LogP contribution in [-0.4, -0.2) is 12.9 Å². The Morgan fingerprint density at radius 3 is 2.54 bits per heavy atom. The Bertz CT molecular complexity index is 238. The first-order valence-corrected chi connectivity index (χ1v) is 4.32. The molecule has 0 N–H and O–H groups in total. The van der Waals surface area contributed by atoms with E-state index in [1.807, 2.05) is 6.92 Å². The normalized spacial score (nSPS) is 13.3. The number of carbonyl (C=O) groups excluding carboxylic acids is 1.